The standard InChI is InChI=1S/C26H25F4N3O4/c27-16-9-11-19(12-10-16)37-15-17(13-24(34)35)31-25(36)22-14-23(33(32-22)18-5-1-2-6-18)20-7-3-4-8-21(20)26(28,29)30/h3-4,7-12,14,17-18H,1-2,5-6,13,15H2,(H,31,36)(H,34,35). The van der Waals surface area contributed by atoms with Gasteiger partial charge in [0.25, 0.3) is 5.91 Å². The molecule has 1 unspecified atom stereocenters. The maximum Gasteiger partial charge on any atom is 0.417 e. The minimum Gasteiger partial charge on any atom is -0.491 e. The summed E-state index contributed by atoms with van der Waals surface area (Å²) in [5, 5.41) is 16.2. The average Bonchev–Trinajstić information content (AvgIpc) is 3.53. The normalized spacial score (nSPS) is 14.9. The Morgan fingerprint density at radius 1 is 1.11 bits per heavy atom. The lowest BCUT2D eigenvalue weighted by Crippen LogP contribution is -2.40. The second kappa shape index (κ2) is 11.0. The number of carbonyl (C=O) groups excluding carboxylic acids is 1. The van der Waals surface area contributed by atoms with Crippen molar-refractivity contribution in [1.82, 2.24) is 15.1 Å². The van der Waals surface area contributed by atoms with E-state index in [2.05, 4.69) is 10.4 Å². The Labute approximate surface area is 210 Å². The molecule has 1 aliphatic rings. The van der Waals surface area contributed by atoms with Gasteiger partial charge in [-0.3, -0.25) is 14.3 Å². The van der Waals surface area contributed by atoms with E-state index in [1.54, 1.807) is 0 Å². The van der Waals surface area contributed by atoms with Crippen LogP contribution in [0, 0.1) is 5.82 Å². The highest BCUT2D eigenvalue weighted by atomic mass is 19.4. The molecular weight excluding hydrogens is 494 g/mol. The van der Waals surface area contributed by atoms with Gasteiger partial charge in [0.05, 0.1) is 29.8 Å². The summed E-state index contributed by atoms with van der Waals surface area (Å²) in [6.45, 7) is -0.225. The summed E-state index contributed by atoms with van der Waals surface area (Å²) in [4.78, 5) is 24.4. The molecule has 1 atom stereocenters. The maximum atomic E-state index is 13.7. The molecule has 0 radical (unpaired) electrons. The Hall–Kier alpha value is -3.89. The summed E-state index contributed by atoms with van der Waals surface area (Å²) >= 11 is 0. The summed E-state index contributed by atoms with van der Waals surface area (Å²) in [6.07, 6.45) is -1.84. The number of amides is 1. The van der Waals surface area contributed by atoms with Crippen LogP contribution >= 0.6 is 0 Å². The molecule has 0 saturated heterocycles. The molecule has 196 valence electrons. The third kappa shape index (κ3) is 6.46. The number of rotatable bonds is 9. The zero-order valence-corrected chi connectivity index (χ0v) is 19.7. The summed E-state index contributed by atoms with van der Waals surface area (Å²) in [7, 11) is 0. The number of hydrogen-bond donors (Lipinski definition) is 2. The minimum absolute atomic E-state index is 0.0878. The van der Waals surface area contributed by atoms with E-state index < -0.39 is 41.9 Å². The number of carbonyl (C=O) groups is 2. The fraction of sp³-hybridized carbons (Fsp3) is 0.346. The monoisotopic (exact) mass is 519 g/mol. The number of ether oxygens (including phenoxy) is 1. The summed E-state index contributed by atoms with van der Waals surface area (Å²) in [6, 6.07) is 10.4. The summed E-state index contributed by atoms with van der Waals surface area (Å²) in [5.74, 6) is -2.12. The topological polar surface area (TPSA) is 93.5 Å². The Balaban J connectivity index is 1.61. The summed E-state index contributed by atoms with van der Waals surface area (Å²) in [5.41, 5.74) is -0.883. The smallest absolute Gasteiger partial charge is 0.417 e. The largest absolute Gasteiger partial charge is 0.491 e. The number of hydrogen-bond acceptors (Lipinski definition) is 4. The van der Waals surface area contributed by atoms with E-state index in [1.807, 2.05) is 0 Å². The van der Waals surface area contributed by atoms with Crippen LogP contribution in [0.1, 0.15) is 54.2 Å². The average molecular weight is 519 g/mol. The second-order valence-corrected chi connectivity index (χ2v) is 8.87. The molecule has 1 aromatic heterocycles. The highest BCUT2D eigenvalue weighted by Crippen LogP contribution is 2.40. The van der Waals surface area contributed by atoms with E-state index in [1.165, 1.54) is 53.2 Å². The van der Waals surface area contributed by atoms with Crippen molar-refractivity contribution in [1.29, 1.82) is 0 Å². The van der Waals surface area contributed by atoms with Crippen LogP contribution in [0.3, 0.4) is 0 Å². The Morgan fingerprint density at radius 3 is 2.43 bits per heavy atom. The van der Waals surface area contributed by atoms with E-state index >= 15 is 0 Å². The van der Waals surface area contributed by atoms with Crippen molar-refractivity contribution in [2.45, 2.75) is 50.4 Å². The molecule has 0 aliphatic heterocycles. The fourth-order valence-electron chi connectivity index (χ4n) is 4.44. The van der Waals surface area contributed by atoms with Crippen LogP contribution in [0.2, 0.25) is 0 Å². The molecule has 3 aromatic rings. The number of nitrogens with one attached hydrogen (secondary N) is 1. The first kappa shape index (κ1) is 26.2. The van der Waals surface area contributed by atoms with Gasteiger partial charge in [0.1, 0.15) is 18.2 Å². The Kier molecular flexibility index (Phi) is 7.80. The number of benzene rings is 2. The first-order valence-corrected chi connectivity index (χ1v) is 11.8. The van der Waals surface area contributed by atoms with Crippen LogP contribution in [0.15, 0.2) is 54.6 Å². The van der Waals surface area contributed by atoms with Crippen molar-refractivity contribution in [3.63, 3.8) is 0 Å². The van der Waals surface area contributed by atoms with Gasteiger partial charge >= 0.3 is 12.1 Å². The van der Waals surface area contributed by atoms with Gasteiger partial charge in [0, 0.05) is 5.56 Å². The Bertz CT molecular complexity index is 1250. The molecule has 0 bridgehead atoms. The van der Waals surface area contributed by atoms with Crippen LogP contribution < -0.4 is 10.1 Å². The van der Waals surface area contributed by atoms with Gasteiger partial charge in [-0.15, -0.1) is 0 Å². The number of aliphatic carboxylic acids is 1. The van der Waals surface area contributed by atoms with Crippen LogP contribution in [0.25, 0.3) is 11.3 Å². The zero-order valence-electron chi connectivity index (χ0n) is 19.7. The zero-order chi connectivity index (χ0) is 26.6. The van der Waals surface area contributed by atoms with Gasteiger partial charge in [0.15, 0.2) is 5.69 Å². The molecule has 1 aliphatic carbocycles. The van der Waals surface area contributed by atoms with Crippen LogP contribution in [-0.2, 0) is 11.0 Å². The van der Waals surface area contributed by atoms with Gasteiger partial charge in [0.2, 0.25) is 0 Å². The predicted octanol–water partition coefficient (Wildman–Crippen LogP) is 5.48. The second-order valence-electron chi connectivity index (χ2n) is 8.87. The first-order valence-electron chi connectivity index (χ1n) is 11.8. The third-order valence-corrected chi connectivity index (χ3v) is 6.17. The molecule has 2 aromatic carbocycles. The van der Waals surface area contributed by atoms with Gasteiger partial charge in [-0.25, -0.2) is 4.39 Å². The molecule has 4 rings (SSSR count). The van der Waals surface area contributed by atoms with Gasteiger partial charge in [-0.2, -0.15) is 18.3 Å². The lowest BCUT2D eigenvalue weighted by Gasteiger charge is -2.18. The summed E-state index contributed by atoms with van der Waals surface area (Å²) < 4.78 is 61.3. The fourth-order valence-corrected chi connectivity index (χ4v) is 4.44. The lowest BCUT2D eigenvalue weighted by atomic mass is 10.0. The van der Waals surface area contributed by atoms with E-state index in [0.717, 1.165) is 31.7 Å². The van der Waals surface area contributed by atoms with Crippen LogP contribution in [0.5, 0.6) is 5.75 Å². The van der Waals surface area contributed by atoms with E-state index in [9.17, 15) is 32.3 Å². The number of nitrogens with zero attached hydrogens (tertiary/aromatic N) is 2. The molecule has 1 fully saturated rings. The molecule has 1 heterocycles. The predicted molar refractivity (Wildman–Crippen MR) is 126 cm³/mol. The van der Waals surface area contributed by atoms with Crippen LogP contribution in [0.4, 0.5) is 17.6 Å². The quantitative estimate of drug-likeness (QED) is 0.366. The molecule has 37 heavy (non-hydrogen) atoms. The Morgan fingerprint density at radius 2 is 1.78 bits per heavy atom. The van der Waals surface area contributed by atoms with Gasteiger partial charge in [-0.05, 0) is 49.2 Å². The number of carboxylic acids is 1. The number of halogens is 4. The molecule has 1 saturated carbocycles. The maximum absolute atomic E-state index is 13.7. The molecular formula is C26H25F4N3O4. The number of carboxylic acid groups (broad SMARTS) is 1. The number of alkyl halides is 3. The highest BCUT2D eigenvalue weighted by molar-refractivity contribution is 5.94. The lowest BCUT2D eigenvalue weighted by molar-refractivity contribution is -0.138. The van der Waals surface area contributed by atoms with E-state index in [0.29, 0.717) is 0 Å². The molecule has 2 N–H and O–H groups in total. The molecule has 11 heteroatoms. The van der Waals surface area contributed by atoms with Crippen molar-refractivity contribution >= 4 is 11.9 Å². The SMILES string of the molecule is O=C(O)CC(COc1ccc(F)cc1)NC(=O)c1cc(-c2ccccc2C(F)(F)F)n(C2CCCC2)n1. The highest BCUT2D eigenvalue weighted by Gasteiger charge is 2.35. The minimum atomic E-state index is -4.60. The third-order valence-electron chi connectivity index (χ3n) is 6.17. The van der Waals surface area contributed by atoms with Crippen molar-refractivity contribution in [3.05, 3.63) is 71.7 Å². The van der Waals surface area contributed by atoms with Gasteiger partial charge < -0.3 is 15.2 Å². The molecule has 0 spiro atoms. The van der Waals surface area contributed by atoms with Crippen molar-refractivity contribution in [2.75, 3.05) is 6.61 Å². The molecule has 7 nitrogen and oxygen atoms in total. The van der Waals surface area contributed by atoms with E-state index in [4.69, 9.17) is 4.74 Å². The molecule has 1 amide bonds. The van der Waals surface area contributed by atoms with Crippen molar-refractivity contribution in [2.24, 2.45) is 0 Å². The van der Waals surface area contributed by atoms with E-state index in [-0.39, 0.29) is 35.3 Å². The van der Waals surface area contributed by atoms with Crippen molar-refractivity contribution in [3.8, 4) is 17.0 Å². The first-order chi connectivity index (χ1) is 17.6. The van der Waals surface area contributed by atoms with Crippen LogP contribution in [-0.4, -0.2) is 39.4 Å². The number of aromatic nitrogens is 2. The van der Waals surface area contributed by atoms with Crippen molar-refractivity contribution < 1.29 is 37.0 Å². The van der Waals surface area contributed by atoms with Gasteiger partial charge in [-0.1, -0.05) is 31.0 Å².